The lowest BCUT2D eigenvalue weighted by Crippen LogP contribution is -1.96. The molecular formula is C20H20N4. The Balaban J connectivity index is 2.07. The molecule has 0 radical (unpaired) electrons. The predicted molar refractivity (Wildman–Crippen MR) is 101 cm³/mol. The quantitative estimate of drug-likeness (QED) is 0.491. The highest BCUT2D eigenvalue weighted by Gasteiger charge is 2.12. The maximum absolute atomic E-state index is 6.17. The summed E-state index contributed by atoms with van der Waals surface area (Å²) in [5, 5.41) is 8.72. The minimum Gasteiger partial charge on any atom is -0.399 e. The Kier molecular flexibility index (Phi) is 4.29. The fraction of sp³-hybridized carbons (Fsp3) is 0.100. The second-order valence-electron chi connectivity index (χ2n) is 5.78. The zero-order chi connectivity index (χ0) is 17.1. The van der Waals surface area contributed by atoms with E-state index in [4.69, 9.17) is 11.5 Å². The van der Waals surface area contributed by atoms with E-state index in [9.17, 15) is 0 Å². The average molecular weight is 316 g/mol. The van der Waals surface area contributed by atoms with Crippen LogP contribution in [0.5, 0.6) is 0 Å². The summed E-state index contributed by atoms with van der Waals surface area (Å²) < 4.78 is 0. The van der Waals surface area contributed by atoms with Gasteiger partial charge in [-0.2, -0.15) is 10.2 Å². The first-order valence-corrected chi connectivity index (χ1v) is 7.78. The van der Waals surface area contributed by atoms with Gasteiger partial charge in [-0.25, -0.2) is 0 Å². The highest BCUT2D eigenvalue weighted by atomic mass is 15.1. The highest BCUT2D eigenvalue weighted by molar-refractivity contribution is 5.84. The van der Waals surface area contributed by atoms with Gasteiger partial charge in [-0.15, -0.1) is 0 Å². The van der Waals surface area contributed by atoms with Crippen LogP contribution in [0.2, 0.25) is 0 Å². The Labute approximate surface area is 141 Å². The molecule has 0 aliphatic carbocycles. The first-order valence-electron chi connectivity index (χ1n) is 7.78. The van der Waals surface area contributed by atoms with Crippen molar-refractivity contribution in [3.05, 3.63) is 71.8 Å². The van der Waals surface area contributed by atoms with Crippen molar-refractivity contribution >= 4 is 22.7 Å². The Bertz CT molecular complexity index is 899. The molecule has 0 fully saturated rings. The van der Waals surface area contributed by atoms with E-state index >= 15 is 0 Å². The van der Waals surface area contributed by atoms with Crippen LogP contribution in [-0.4, -0.2) is 0 Å². The second kappa shape index (κ2) is 6.54. The smallest absolute Gasteiger partial charge is 0.0892 e. The number of aryl methyl sites for hydroxylation is 1. The normalized spacial score (nSPS) is 11.1. The number of nitrogens with two attached hydrogens (primary N) is 2. The maximum atomic E-state index is 6.17. The van der Waals surface area contributed by atoms with Crippen molar-refractivity contribution in [2.24, 2.45) is 10.2 Å². The van der Waals surface area contributed by atoms with E-state index in [2.05, 4.69) is 17.2 Å². The molecule has 3 aromatic carbocycles. The molecule has 4 N–H and O–H groups in total. The molecule has 0 aliphatic heterocycles. The van der Waals surface area contributed by atoms with Crippen LogP contribution in [0.1, 0.15) is 11.1 Å². The summed E-state index contributed by atoms with van der Waals surface area (Å²) in [7, 11) is 0. The summed E-state index contributed by atoms with van der Waals surface area (Å²) in [6, 6.07) is 19.3. The van der Waals surface area contributed by atoms with Gasteiger partial charge in [-0.05, 0) is 60.9 Å². The summed E-state index contributed by atoms with van der Waals surface area (Å²) in [6.07, 6.45) is 0. The summed E-state index contributed by atoms with van der Waals surface area (Å²) in [5.41, 5.74) is 19.2. The van der Waals surface area contributed by atoms with Crippen LogP contribution in [0, 0.1) is 13.8 Å². The molecule has 0 amide bonds. The van der Waals surface area contributed by atoms with Crippen molar-refractivity contribution in [2.75, 3.05) is 11.5 Å². The van der Waals surface area contributed by atoms with Gasteiger partial charge in [0.05, 0.1) is 11.4 Å². The van der Waals surface area contributed by atoms with Crippen molar-refractivity contribution in [2.45, 2.75) is 13.8 Å². The molecule has 0 saturated heterocycles. The summed E-state index contributed by atoms with van der Waals surface area (Å²) in [6.45, 7) is 4.10. The van der Waals surface area contributed by atoms with E-state index < -0.39 is 0 Å². The fourth-order valence-corrected chi connectivity index (χ4v) is 2.77. The average Bonchev–Trinajstić information content (AvgIpc) is 2.57. The van der Waals surface area contributed by atoms with E-state index in [1.54, 1.807) is 6.07 Å². The molecule has 0 atom stereocenters. The number of azo groups is 1. The van der Waals surface area contributed by atoms with Gasteiger partial charge in [-0.3, -0.25) is 0 Å². The van der Waals surface area contributed by atoms with Gasteiger partial charge in [0, 0.05) is 16.9 Å². The first kappa shape index (κ1) is 15.7. The van der Waals surface area contributed by atoms with E-state index in [0.717, 1.165) is 33.6 Å². The summed E-state index contributed by atoms with van der Waals surface area (Å²) in [4.78, 5) is 0. The third-order valence-electron chi connectivity index (χ3n) is 4.02. The predicted octanol–water partition coefficient (Wildman–Crippen LogP) is 5.55. The second-order valence-corrected chi connectivity index (χ2v) is 5.78. The van der Waals surface area contributed by atoms with Gasteiger partial charge >= 0.3 is 0 Å². The van der Waals surface area contributed by atoms with Gasteiger partial charge in [0.25, 0.3) is 0 Å². The van der Waals surface area contributed by atoms with Gasteiger partial charge in [0.1, 0.15) is 0 Å². The maximum Gasteiger partial charge on any atom is 0.0892 e. The Morgan fingerprint density at radius 1 is 0.792 bits per heavy atom. The van der Waals surface area contributed by atoms with Crippen LogP contribution in [-0.2, 0) is 0 Å². The van der Waals surface area contributed by atoms with Gasteiger partial charge in [0.15, 0.2) is 0 Å². The highest BCUT2D eigenvalue weighted by Crippen LogP contribution is 2.37. The van der Waals surface area contributed by atoms with Crippen LogP contribution < -0.4 is 11.5 Å². The fourth-order valence-electron chi connectivity index (χ4n) is 2.77. The third-order valence-corrected chi connectivity index (χ3v) is 4.02. The number of nitrogens with zero attached hydrogens (tertiary/aromatic N) is 2. The van der Waals surface area contributed by atoms with Crippen molar-refractivity contribution in [3.8, 4) is 11.1 Å². The molecule has 4 heteroatoms. The molecule has 3 aromatic rings. The van der Waals surface area contributed by atoms with Crippen molar-refractivity contribution in [1.29, 1.82) is 0 Å². The summed E-state index contributed by atoms with van der Waals surface area (Å²) in [5.74, 6) is 0. The number of hydrogen-bond donors (Lipinski definition) is 2. The van der Waals surface area contributed by atoms with E-state index in [1.165, 1.54) is 0 Å². The van der Waals surface area contributed by atoms with E-state index in [-0.39, 0.29) is 0 Å². The lowest BCUT2D eigenvalue weighted by Gasteiger charge is -2.14. The van der Waals surface area contributed by atoms with Gasteiger partial charge in [-0.1, -0.05) is 30.3 Å². The molecule has 0 saturated carbocycles. The van der Waals surface area contributed by atoms with E-state index in [0.29, 0.717) is 11.4 Å². The number of hydrogen-bond acceptors (Lipinski definition) is 4. The standard InChI is InChI=1S/C20H20N4/c1-13-8-11-19(24-23-16-6-4-3-5-7-16)14(2)20(13)17-10-9-15(21)12-18(17)22/h3-12H,21-22H2,1-2H3. The molecule has 120 valence electrons. The van der Waals surface area contributed by atoms with Crippen LogP contribution in [0.25, 0.3) is 11.1 Å². The molecule has 0 unspecified atom stereocenters. The zero-order valence-corrected chi connectivity index (χ0v) is 13.8. The Morgan fingerprint density at radius 2 is 1.54 bits per heavy atom. The molecule has 0 heterocycles. The number of anilines is 2. The molecule has 4 nitrogen and oxygen atoms in total. The minimum absolute atomic E-state index is 0.659. The number of nitrogen functional groups attached to an aromatic ring is 2. The van der Waals surface area contributed by atoms with Crippen LogP contribution in [0.3, 0.4) is 0 Å². The molecular weight excluding hydrogens is 296 g/mol. The lowest BCUT2D eigenvalue weighted by atomic mass is 9.93. The van der Waals surface area contributed by atoms with Gasteiger partial charge in [0.2, 0.25) is 0 Å². The van der Waals surface area contributed by atoms with Crippen molar-refractivity contribution in [1.82, 2.24) is 0 Å². The summed E-state index contributed by atoms with van der Waals surface area (Å²) >= 11 is 0. The van der Waals surface area contributed by atoms with Crippen LogP contribution in [0.4, 0.5) is 22.7 Å². The van der Waals surface area contributed by atoms with Crippen molar-refractivity contribution in [3.63, 3.8) is 0 Å². The molecule has 0 aromatic heterocycles. The van der Waals surface area contributed by atoms with E-state index in [1.807, 2.05) is 61.5 Å². The Morgan fingerprint density at radius 3 is 2.25 bits per heavy atom. The lowest BCUT2D eigenvalue weighted by molar-refractivity contribution is 1.20. The molecule has 0 bridgehead atoms. The number of rotatable bonds is 3. The van der Waals surface area contributed by atoms with Crippen LogP contribution in [0.15, 0.2) is 70.9 Å². The SMILES string of the molecule is Cc1ccc(N=Nc2ccccc2)c(C)c1-c1ccc(N)cc1N. The van der Waals surface area contributed by atoms with Gasteiger partial charge < -0.3 is 11.5 Å². The zero-order valence-electron chi connectivity index (χ0n) is 13.8. The molecule has 3 rings (SSSR count). The topological polar surface area (TPSA) is 76.8 Å². The molecule has 24 heavy (non-hydrogen) atoms. The first-order chi connectivity index (χ1) is 11.6. The van der Waals surface area contributed by atoms with Crippen LogP contribution >= 0.6 is 0 Å². The number of benzene rings is 3. The largest absolute Gasteiger partial charge is 0.399 e. The molecule has 0 aliphatic rings. The third kappa shape index (κ3) is 3.13. The Hall–Kier alpha value is -3.14. The molecule has 0 spiro atoms. The monoisotopic (exact) mass is 316 g/mol. The van der Waals surface area contributed by atoms with Crippen molar-refractivity contribution < 1.29 is 0 Å². The minimum atomic E-state index is 0.659.